The molecular formula is C7H16ClNO3S. The molecule has 6 heteroatoms. The Morgan fingerprint density at radius 1 is 1.54 bits per heavy atom. The second-order valence-electron chi connectivity index (χ2n) is 2.99. The molecule has 0 saturated heterocycles. The van der Waals surface area contributed by atoms with Gasteiger partial charge in [-0.1, -0.05) is 0 Å². The first-order chi connectivity index (χ1) is 5.90. The van der Waals surface area contributed by atoms with Gasteiger partial charge in [0.25, 0.3) is 0 Å². The molecule has 1 unspecified atom stereocenters. The molecule has 0 aromatic heterocycles. The highest BCUT2D eigenvalue weighted by molar-refractivity contribution is 7.89. The number of sulfonamides is 1. The first kappa shape index (κ1) is 13.2. The Morgan fingerprint density at radius 2 is 2.08 bits per heavy atom. The van der Waals surface area contributed by atoms with Gasteiger partial charge in [-0.15, -0.1) is 11.6 Å². The van der Waals surface area contributed by atoms with E-state index in [9.17, 15) is 8.42 Å². The third-order valence-electron chi connectivity index (χ3n) is 1.53. The van der Waals surface area contributed by atoms with Crippen LogP contribution in [0.25, 0.3) is 0 Å². The molecule has 0 aliphatic rings. The molecule has 80 valence electrons. The maximum Gasteiger partial charge on any atom is 0.213 e. The van der Waals surface area contributed by atoms with Crippen LogP contribution < -0.4 is 0 Å². The van der Waals surface area contributed by atoms with Gasteiger partial charge < -0.3 is 5.11 Å². The molecule has 1 atom stereocenters. The third-order valence-corrected chi connectivity index (χ3v) is 3.70. The van der Waals surface area contributed by atoms with Crippen LogP contribution in [0, 0.1) is 0 Å². The van der Waals surface area contributed by atoms with Gasteiger partial charge in [0.2, 0.25) is 10.0 Å². The smallest absolute Gasteiger partial charge is 0.213 e. The fraction of sp³-hybridized carbons (Fsp3) is 1.00. The van der Waals surface area contributed by atoms with Crippen molar-refractivity contribution in [3.63, 3.8) is 0 Å². The van der Waals surface area contributed by atoms with Gasteiger partial charge in [-0.2, -0.15) is 0 Å². The van der Waals surface area contributed by atoms with E-state index in [4.69, 9.17) is 16.7 Å². The minimum Gasteiger partial charge on any atom is -0.392 e. The van der Waals surface area contributed by atoms with Crippen LogP contribution in [-0.2, 0) is 10.0 Å². The average molecular weight is 230 g/mol. The highest BCUT2D eigenvalue weighted by atomic mass is 35.5. The summed E-state index contributed by atoms with van der Waals surface area (Å²) in [5, 5.41) is 8.98. The van der Waals surface area contributed by atoms with E-state index in [1.165, 1.54) is 7.05 Å². The number of rotatable bonds is 6. The van der Waals surface area contributed by atoms with Gasteiger partial charge in [-0.3, -0.25) is 0 Å². The molecule has 0 amide bonds. The van der Waals surface area contributed by atoms with E-state index < -0.39 is 16.1 Å². The van der Waals surface area contributed by atoms with E-state index in [2.05, 4.69) is 0 Å². The Labute approximate surface area is 84.5 Å². The van der Waals surface area contributed by atoms with Crippen LogP contribution >= 0.6 is 11.6 Å². The number of nitrogens with zero attached hydrogens (tertiary/aromatic N) is 1. The highest BCUT2D eigenvalue weighted by Crippen LogP contribution is 2.02. The van der Waals surface area contributed by atoms with Crippen molar-refractivity contribution in [3.05, 3.63) is 0 Å². The lowest BCUT2D eigenvalue weighted by Crippen LogP contribution is -2.34. The lowest BCUT2D eigenvalue weighted by molar-refractivity contribution is 0.171. The minimum atomic E-state index is -3.23. The van der Waals surface area contributed by atoms with Gasteiger partial charge in [0.05, 0.1) is 11.9 Å². The van der Waals surface area contributed by atoms with Gasteiger partial charge in [0.15, 0.2) is 0 Å². The largest absolute Gasteiger partial charge is 0.392 e. The maximum absolute atomic E-state index is 11.4. The zero-order valence-electron chi connectivity index (χ0n) is 7.90. The van der Waals surface area contributed by atoms with Gasteiger partial charge in [0.1, 0.15) is 0 Å². The van der Waals surface area contributed by atoms with Crippen molar-refractivity contribution in [2.75, 3.05) is 25.2 Å². The fourth-order valence-electron chi connectivity index (χ4n) is 0.878. The standard InChI is InChI=1S/C7H16ClNO3S/c1-7(10)6-9(2)13(11,12)5-3-4-8/h7,10H,3-6H2,1-2H3. The molecule has 1 N–H and O–H groups in total. The Balaban J connectivity index is 4.12. The van der Waals surface area contributed by atoms with Gasteiger partial charge in [-0.25, -0.2) is 12.7 Å². The zero-order valence-corrected chi connectivity index (χ0v) is 9.48. The summed E-state index contributed by atoms with van der Waals surface area (Å²) in [5.74, 6) is 0.376. The van der Waals surface area contributed by atoms with E-state index in [1.807, 2.05) is 0 Å². The van der Waals surface area contributed by atoms with Crippen molar-refractivity contribution in [3.8, 4) is 0 Å². The molecule has 0 spiro atoms. The fourth-order valence-corrected chi connectivity index (χ4v) is 2.43. The summed E-state index contributed by atoms with van der Waals surface area (Å²) in [6, 6.07) is 0. The van der Waals surface area contributed by atoms with E-state index in [0.29, 0.717) is 12.3 Å². The molecule has 0 aromatic rings. The first-order valence-corrected chi connectivity index (χ1v) is 6.22. The molecule has 0 radical (unpaired) electrons. The van der Waals surface area contributed by atoms with Crippen LogP contribution in [0.1, 0.15) is 13.3 Å². The van der Waals surface area contributed by atoms with Crippen molar-refractivity contribution in [2.45, 2.75) is 19.4 Å². The molecule has 0 saturated carbocycles. The van der Waals surface area contributed by atoms with Crippen LogP contribution in [0.2, 0.25) is 0 Å². The van der Waals surface area contributed by atoms with Crippen molar-refractivity contribution in [1.82, 2.24) is 4.31 Å². The van der Waals surface area contributed by atoms with Crippen LogP contribution in [0.15, 0.2) is 0 Å². The zero-order chi connectivity index (χ0) is 10.5. The van der Waals surface area contributed by atoms with Crippen LogP contribution in [0.4, 0.5) is 0 Å². The maximum atomic E-state index is 11.4. The molecule has 0 rings (SSSR count). The predicted molar refractivity (Wildman–Crippen MR) is 53.4 cm³/mol. The topological polar surface area (TPSA) is 57.6 Å². The SMILES string of the molecule is CC(O)CN(C)S(=O)(=O)CCCCl. The first-order valence-electron chi connectivity index (χ1n) is 4.08. The van der Waals surface area contributed by atoms with Crippen LogP contribution in [0.3, 0.4) is 0 Å². The number of hydrogen-bond acceptors (Lipinski definition) is 3. The predicted octanol–water partition coefficient (Wildman–Crippen LogP) is 0.258. The van der Waals surface area contributed by atoms with Gasteiger partial charge >= 0.3 is 0 Å². The summed E-state index contributed by atoms with van der Waals surface area (Å²) in [6.07, 6.45) is -0.204. The average Bonchev–Trinajstić information content (AvgIpc) is 1.99. The third kappa shape index (κ3) is 5.46. The van der Waals surface area contributed by atoms with E-state index in [1.54, 1.807) is 6.92 Å². The van der Waals surface area contributed by atoms with Gasteiger partial charge in [-0.05, 0) is 13.3 Å². The van der Waals surface area contributed by atoms with Crippen LogP contribution in [0.5, 0.6) is 0 Å². The van der Waals surface area contributed by atoms with Crippen LogP contribution in [-0.4, -0.2) is 49.2 Å². The Morgan fingerprint density at radius 3 is 2.46 bits per heavy atom. The second kappa shape index (κ2) is 5.80. The van der Waals surface area contributed by atoms with Crippen molar-refractivity contribution in [1.29, 1.82) is 0 Å². The molecule has 0 heterocycles. The minimum absolute atomic E-state index is 0.0414. The summed E-state index contributed by atoms with van der Waals surface area (Å²) < 4.78 is 23.9. The number of likely N-dealkylation sites (N-methyl/N-ethyl adjacent to an activating group) is 1. The number of halogens is 1. The number of alkyl halides is 1. The normalized spacial score (nSPS) is 14.8. The van der Waals surface area contributed by atoms with E-state index >= 15 is 0 Å². The number of aliphatic hydroxyl groups excluding tert-OH is 1. The van der Waals surface area contributed by atoms with Crippen molar-refractivity contribution in [2.24, 2.45) is 0 Å². The summed E-state index contributed by atoms with van der Waals surface area (Å²) >= 11 is 5.39. The summed E-state index contributed by atoms with van der Waals surface area (Å²) in [6.45, 7) is 1.68. The molecule has 4 nitrogen and oxygen atoms in total. The van der Waals surface area contributed by atoms with Gasteiger partial charge in [0, 0.05) is 19.5 Å². The number of hydrogen-bond donors (Lipinski definition) is 1. The summed E-state index contributed by atoms with van der Waals surface area (Å²) in [4.78, 5) is 0. The highest BCUT2D eigenvalue weighted by Gasteiger charge is 2.18. The number of aliphatic hydroxyl groups is 1. The molecule has 0 aliphatic carbocycles. The molecule has 0 bridgehead atoms. The van der Waals surface area contributed by atoms with E-state index in [0.717, 1.165) is 4.31 Å². The summed E-state index contributed by atoms with van der Waals surface area (Å²) in [5.41, 5.74) is 0. The summed E-state index contributed by atoms with van der Waals surface area (Å²) in [7, 11) is -1.77. The Kier molecular flexibility index (Phi) is 5.87. The quantitative estimate of drug-likeness (QED) is 0.665. The molecular weight excluding hydrogens is 214 g/mol. The molecule has 0 aliphatic heterocycles. The van der Waals surface area contributed by atoms with E-state index in [-0.39, 0.29) is 12.3 Å². The monoisotopic (exact) mass is 229 g/mol. The van der Waals surface area contributed by atoms with Crippen molar-refractivity contribution < 1.29 is 13.5 Å². The Hall–Kier alpha value is 0.160. The molecule has 0 fully saturated rings. The second-order valence-corrected chi connectivity index (χ2v) is 5.56. The molecule has 0 aromatic carbocycles. The van der Waals surface area contributed by atoms with Crippen molar-refractivity contribution >= 4 is 21.6 Å². The lowest BCUT2D eigenvalue weighted by Gasteiger charge is -2.17. The lowest BCUT2D eigenvalue weighted by atomic mass is 10.4. The molecule has 13 heavy (non-hydrogen) atoms. The Bertz CT molecular complexity index is 228.